The third kappa shape index (κ3) is 2.77. The molecule has 1 aliphatic heterocycles. The molecule has 0 aliphatic carbocycles. The van der Waals surface area contributed by atoms with Gasteiger partial charge in [-0.15, -0.1) is 11.8 Å². The van der Waals surface area contributed by atoms with Gasteiger partial charge in [0, 0.05) is 16.7 Å². The Balaban J connectivity index is 1.63. The van der Waals surface area contributed by atoms with Crippen molar-refractivity contribution in [2.75, 3.05) is 11.9 Å². The summed E-state index contributed by atoms with van der Waals surface area (Å²) in [5, 5.41) is 13.3. The molecule has 1 N–H and O–H groups in total. The number of nitriles is 1. The Kier molecular flexibility index (Phi) is 3.86. The van der Waals surface area contributed by atoms with Crippen molar-refractivity contribution in [2.45, 2.75) is 16.6 Å². The van der Waals surface area contributed by atoms with E-state index in [2.05, 4.69) is 35.7 Å². The van der Waals surface area contributed by atoms with Crippen LogP contribution < -0.4 is 5.32 Å². The Morgan fingerprint density at radius 3 is 2.90 bits per heavy atom. The van der Waals surface area contributed by atoms with Crippen LogP contribution in [0.4, 0.5) is 5.69 Å². The third-order valence-corrected chi connectivity index (χ3v) is 4.96. The number of nitrogens with one attached hydrogen (secondary N) is 1. The maximum Gasteiger partial charge on any atom is 0.0992 e. The molecule has 0 saturated carbocycles. The van der Waals surface area contributed by atoms with Gasteiger partial charge in [0.2, 0.25) is 0 Å². The summed E-state index contributed by atoms with van der Waals surface area (Å²) in [6.07, 6.45) is 1.09. The van der Waals surface area contributed by atoms with Crippen molar-refractivity contribution in [3.63, 3.8) is 0 Å². The Hall–Kier alpha value is -1.63. The molecule has 3 rings (SSSR count). The lowest BCUT2D eigenvalue weighted by molar-refractivity contribution is 0.899. The Bertz CT molecular complexity index is 653. The van der Waals surface area contributed by atoms with E-state index in [-0.39, 0.29) is 0 Å². The summed E-state index contributed by atoms with van der Waals surface area (Å²) in [6.45, 7) is 0.866. The summed E-state index contributed by atoms with van der Waals surface area (Å²) in [5.41, 5.74) is 2.90. The summed E-state index contributed by atoms with van der Waals surface area (Å²) in [7, 11) is 0. The van der Waals surface area contributed by atoms with Gasteiger partial charge in [-0.25, -0.2) is 0 Å². The minimum absolute atomic E-state index is 0.527. The van der Waals surface area contributed by atoms with Crippen LogP contribution in [0.15, 0.2) is 47.4 Å². The van der Waals surface area contributed by atoms with Gasteiger partial charge < -0.3 is 5.32 Å². The van der Waals surface area contributed by atoms with Crippen molar-refractivity contribution in [1.82, 2.24) is 0 Å². The zero-order valence-electron chi connectivity index (χ0n) is 10.8. The molecule has 2 aromatic rings. The van der Waals surface area contributed by atoms with Crippen molar-refractivity contribution in [1.29, 1.82) is 5.26 Å². The first-order valence-corrected chi connectivity index (χ1v) is 7.70. The number of anilines is 1. The lowest BCUT2D eigenvalue weighted by Gasteiger charge is -2.12. The maximum absolute atomic E-state index is 8.82. The molecule has 0 aromatic heterocycles. The van der Waals surface area contributed by atoms with E-state index in [0.717, 1.165) is 18.7 Å². The highest BCUT2D eigenvalue weighted by Crippen LogP contribution is 2.37. The van der Waals surface area contributed by atoms with Crippen LogP contribution in [0.25, 0.3) is 0 Å². The van der Waals surface area contributed by atoms with Crippen molar-refractivity contribution in [3.05, 3.63) is 58.6 Å². The number of halogens is 1. The predicted octanol–water partition coefficient (Wildman–Crippen LogP) is 4.34. The smallest absolute Gasteiger partial charge is 0.0992 e. The molecule has 0 fully saturated rings. The number of nitrogens with zero attached hydrogens (tertiary/aromatic N) is 1. The molecular weight excluding hydrogens is 288 g/mol. The van der Waals surface area contributed by atoms with Crippen LogP contribution in [0.5, 0.6) is 0 Å². The Morgan fingerprint density at radius 2 is 2.15 bits per heavy atom. The summed E-state index contributed by atoms with van der Waals surface area (Å²) < 4.78 is 0. The molecule has 1 heterocycles. The second-order valence-corrected chi connectivity index (χ2v) is 6.49. The van der Waals surface area contributed by atoms with Crippen molar-refractivity contribution < 1.29 is 0 Å². The fourth-order valence-electron chi connectivity index (χ4n) is 2.32. The molecule has 0 amide bonds. The van der Waals surface area contributed by atoms with Gasteiger partial charge in [-0.1, -0.05) is 29.8 Å². The van der Waals surface area contributed by atoms with Crippen LogP contribution >= 0.6 is 23.4 Å². The van der Waals surface area contributed by atoms with E-state index in [4.69, 9.17) is 16.9 Å². The van der Waals surface area contributed by atoms with Gasteiger partial charge in [0.25, 0.3) is 0 Å². The van der Waals surface area contributed by atoms with Crippen molar-refractivity contribution >= 4 is 29.1 Å². The minimum Gasteiger partial charge on any atom is -0.383 e. The van der Waals surface area contributed by atoms with Crippen molar-refractivity contribution in [3.8, 4) is 6.07 Å². The fourth-order valence-corrected chi connectivity index (χ4v) is 3.82. The van der Waals surface area contributed by atoms with Gasteiger partial charge >= 0.3 is 0 Å². The average molecular weight is 301 g/mol. The fraction of sp³-hybridized carbons (Fsp3) is 0.188. The van der Waals surface area contributed by atoms with E-state index in [0.29, 0.717) is 15.8 Å². The summed E-state index contributed by atoms with van der Waals surface area (Å²) in [4.78, 5) is 1.38. The number of rotatable bonds is 3. The number of fused-ring (bicyclic) bond motifs is 1. The highest BCUT2D eigenvalue weighted by Gasteiger charge is 2.21. The molecule has 20 heavy (non-hydrogen) atoms. The van der Waals surface area contributed by atoms with E-state index >= 15 is 0 Å². The first-order chi connectivity index (χ1) is 9.76. The summed E-state index contributed by atoms with van der Waals surface area (Å²) in [6, 6.07) is 16.0. The molecule has 0 radical (unpaired) electrons. The first kappa shape index (κ1) is 13.4. The molecule has 2 aromatic carbocycles. The lowest BCUT2D eigenvalue weighted by Crippen LogP contribution is -2.15. The molecule has 100 valence electrons. The van der Waals surface area contributed by atoms with Crippen LogP contribution in [0, 0.1) is 11.3 Å². The topological polar surface area (TPSA) is 35.8 Å². The third-order valence-electron chi connectivity index (χ3n) is 3.33. The van der Waals surface area contributed by atoms with Gasteiger partial charge in [0.05, 0.1) is 22.3 Å². The first-order valence-electron chi connectivity index (χ1n) is 6.44. The second-order valence-electron chi connectivity index (χ2n) is 4.74. The largest absolute Gasteiger partial charge is 0.383 e. The number of thioether (sulfide) groups is 1. The van der Waals surface area contributed by atoms with Crippen LogP contribution in [0.1, 0.15) is 11.1 Å². The summed E-state index contributed by atoms with van der Waals surface area (Å²) in [5.74, 6) is 0. The maximum atomic E-state index is 8.82. The van der Waals surface area contributed by atoms with Gasteiger partial charge in [0.1, 0.15) is 0 Å². The number of benzene rings is 2. The van der Waals surface area contributed by atoms with E-state index in [1.807, 2.05) is 17.8 Å². The molecule has 0 saturated heterocycles. The van der Waals surface area contributed by atoms with E-state index in [1.165, 1.54) is 10.5 Å². The Morgan fingerprint density at radius 1 is 1.30 bits per heavy atom. The predicted molar refractivity (Wildman–Crippen MR) is 84.4 cm³/mol. The SMILES string of the molecule is N#Cc1ccc(NCC2Cc3ccccc3S2)c(Cl)c1. The van der Waals surface area contributed by atoms with Gasteiger partial charge in [-0.3, -0.25) is 0 Å². The molecule has 0 spiro atoms. The zero-order valence-corrected chi connectivity index (χ0v) is 12.3. The van der Waals surface area contributed by atoms with Crippen LogP contribution in [0.2, 0.25) is 5.02 Å². The quantitative estimate of drug-likeness (QED) is 0.916. The number of hydrogen-bond donors (Lipinski definition) is 1. The molecule has 2 nitrogen and oxygen atoms in total. The average Bonchev–Trinajstić information content (AvgIpc) is 2.88. The van der Waals surface area contributed by atoms with E-state index in [1.54, 1.807) is 12.1 Å². The normalized spacial score (nSPS) is 16.5. The van der Waals surface area contributed by atoms with Crippen LogP contribution in [0.3, 0.4) is 0 Å². The molecule has 0 bridgehead atoms. The number of hydrogen-bond acceptors (Lipinski definition) is 3. The molecule has 1 atom stereocenters. The standard InChI is InChI=1S/C16H13ClN2S/c17-14-7-11(9-18)5-6-15(14)19-10-13-8-12-3-1-2-4-16(12)20-13/h1-7,13,19H,8,10H2. The Labute approximate surface area is 127 Å². The highest BCUT2D eigenvalue weighted by molar-refractivity contribution is 8.00. The minimum atomic E-state index is 0.527. The van der Waals surface area contributed by atoms with E-state index in [9.17, 15) is 0 Å². The van der Waals surface area contributed by atoms with Gasteiger partial charge in [-0.2, -0.15) is 5.26 Å². The molecule has 1 aliphatic rings. The lowest BCUT2D eigenvalue weighted by atomic mass is 10.1. The molecule has 4 heteroatoms. The van der Waals surface area contributed by atoms with Gasteiger partial charge in [-0.05, 0) is 36.2 Å². The van der Waals surface area contributed by atoms with E-state index < -0.39 is 0 Å². The summed E-state index contributed by atoms with van der Waals surface area (Å²) >= 11 is 8.07. The van der Waals surface area contributed by atoms with Crippen LogP contribution in [-0.4, -0.2) is 11.8 Å². The van der Waals surface area contributed by atoms with Gasteiger partial charge in [0.15, 0.2) is 0 Å². The monoisotopic (exact) mass is 300 g/mol. The zero-order chi connectivity index (χ0) is 13.9. The highest BCUT2D eigenvalue weighted by atomic mass is 35.5. The second kappa shape index (κ2) is 5.78. The van der Waals surface area contributed by atoms with Crippen molar-refractivity contribution in [2.24, 2.45) is 0 Å². The molecule has 1 unspecified atom stereocenters. The van der Waals surface area contributed by atoms with Crippen LogP contribution in [-0.2, 0) is 6.42 Å². The molecular formula is C16H13ClN2S.